The molecule has 260 valence electrons. The molecule has 4 aromatic rings. The van der Waals surface area contributed by atoms with Gasteiger partial charge in [-0.3, -0.25) is 10.5 Å². The maximum Gasteiger partial charge on any atom is 0.327 e. The maximum absolute atomic E-state index is 13.5. The van der Waals surface area contributed by atoms with E-state index in [-0.39, 0.29) is 33.9 Å². The molecule has 0 saturated carbocycles. The van der Waals surface area contributed by atoms with E-state index in [0.717, 1.165) is 47.4 Å². The summed E-state index contributed by atoms with van der Waals surface area (Å²) in [6.45, 7) is 1.45. The number of esters is 1. The van der Waals surface area contributed by atoms with Crippen molar-refractivity contribution in [2.45, 2.75) is 50.2 Å². The molecule has 2 aromatic carbocycles. The molecule has 0 radical (unpaired) electrons. The second-order valence-corrected chi connectivity index (χ2v) is 13.9. The van der Waals surface area contributed by atoms with Crippen LogP contribution in [0.2, 0.25) is 10.0 Å². The van der Waals surface area contributed by atoms with Gasteiger partial charge in [-0.05, 0) is 67.7 Å². The maximum atomic E-state index is 13.5. The SMILES string of the molecule is COc1ccc([C@H](Cc2c(Cl)c[n+](O)cc2Cl)c2cc(CNC(C(=O)OC[C@@H]3CCCCN3C)c3ccccc3)sc2C(=O)[O-])cc1OC. The van der Waals surface area contributed by atoms with Crippen LogP contribution in [0.25, 0.3) is 0 Å². The number of carbonyl (C=O) groups excluding carboxylic acids is 2. The molecule has 1 aliphatic rings. The van der Waals surface area contributed by atoms with Gasteiger partial charge in [-0.2, -0.15) is 0 Å². The Morgan fingerprint density at radius 3 is 2.41 bits per heavy atom. The highest BCUT2D eigenvalue weighted by Gasteiger charge is 2.29. The number of benzene rings is 2. The van der Waals surface area contributed by atoms with Crippen molar-refractivity contribution in [2.24, 2.45) is 0 Å². The van der Waals surface area contributed by atoms with Crippen LogP contribution in [0.5, 0.6) is 11.5 Å². The molecule has 2 N–H and O–H groups in total. The third-order valence-corrected chi connectivity index (χ3v) is 10.6. The second kappa shape index (κ2) is 16.7. The molecule has 1 fully saturated rings. The van der Waals surface area contributed by atoms with E-state index in [9.17, 15) is 19.9 Å². The number of nitrogens with one attached hydrogen (secondary N) is 1. The number of rotatable bonds is 14. The van der Waals surface area contributed by atoms with Gasteiger partial charge in [0.1, 0.15) is 22.7 Å². The van der Waals surface area contributed by atoms with Crippen molar-refractivity contribution in [2.75, 3.05) is 34.4 Å². The molecule has 1 saturated heterocycles. The average molecular weight is 729 g/mol. The van der Waals surface area contributed by atoms with Crippen LogP contribution in [0.3, 0.4) is 0 Å². The highest BCUT2D eigenvalue weighted by atomic mass is 35.5. The summed E-state index contributed by atoms with van der Waals surface area (Å²) in [5.74, 6) is -1.36. The number of pyridine rings is 1. The number of likely N-dealkylation sites (tertiary alicyclic amines) is 1. The summed E-state index contributed by atoms with van der Waals surface area (Å²) in [5, 5.41) is 26.3. The number of aromatic carboxylic acids is 1. The molecule has 3 atom stereocenters. The first-order chi connectivity index (χ1) is 23.6. The number of aromatic nitrogens is 1. The molecule has 10 nitrogen and oxygen atoms in total. The fraction of sp³-hybridized carbons (Fsp3) is 0.361. The highest BCUT2D eigenvalue weighted by molar-refractivity contribution is 7.14. The normalized spacial score (nSPS) is 16.1. The van der Waals surface area contributed by atoms with E-state index in [1.807, 2.05) is 43.4 Å². The molecule has 5 rings (SSSR count). The van der Waals surface area contributed by atoms with Crippen molar-refractivity contribution in [3.63, 3.8) is 0 Å². The number of piperidine rings is 1. The molecule has 0 bridgehead atoms. The Labute approximate surface area is 299 Å². The summed E-state index contributed by atoms with van der Waals surface area (Å²) in [6, 6.07) is 15.8. The number of carbonyl (C=O) groups is 2. The van der Waals surface area contributed by atoms with Crippen molar-refractivity contribution < 1.29 is 38.8 Å². The van der Waals surface area contributed by atoms with E-state index in [1.165, 1.54) is 26.6 Å². The summed E-state index contributed by atoms with van der Waals surface area (Å²) in [4.78, 5) is 29.1. The van der Waals surface area contributed by atoms with E-state index in [4.69, 9.17) is 37.4 Å². The lowest BCUT2D eigenvalue weighted by Crippen LogP contribution is -2.41. The highest BCUT2D eigenvalue weighted by Crippen LogP contribution is 2.41. The number of carboxylic acid groups (broad SMARTS) is 1. The Hall–Kier alpha value is -3.87. The van der Waals surface area contributed by atoms with Crippen molar-refractivity contribution in [1.82, 2.24) is 10.2 Å². The van der Waals surface area contributed by atoms with Crippen LogP contribution in [0, 0.1) is 0 Å². The third kappa shape index (κ3) is 8.84. The molecule has 1 unspecified atom stereocenters. The molecule has 1 aliphatic heterocycles. The molecular weight excluding hydrogens is 689 g/mol. The van der Waals surface area contributed by atoms with Gasteiger partial charge >= 0.3 is 5.97 Å². The van der Waals surface area contributed by atoms with Gasteiger partial charge < -0.3 is 29.0 Å². The number of thiophene rings is 1. The van der Waals surface area contributed by atoms with Crippen molar-refractivity contribution >= 4 is 46.5 Å². The van der Waals surface area contributed by atoms with Crippen molar-refractivity contribution in [3.05, 3.63) is 109 Å². The smallest absolute Gasteiger partial charge is 0.327 e. The fourth-order valence-corrected chi connectivity index (χ4v) is 7.79. The molecule has 0 aliphatic carbocycles. The molecule has 0 amide bonds. The summed E-state index contributed by atoms with van der Waals surface area (Å²) < 4.78 is 17.6. The zero-order valence-corrected chi connectivity index (χ0v) is 29.8. The average Bonchev–Trinajstić information content (AvgIpc) is 3.52. The predicted molar refractivity (Wildman–Crippen MR) is 185 cm³/mol. The van der Waals surface area contributed by atoms with E-state index in [2.05, 4.69) is 10.2 Å². The van der Waals surface area contributed by atoms with Crippen LogP contribution in [0.4, 0.5) is 0 Å². The number of nitrogens with zero attached hydrogens (tertiary/aromatic N) is 2. The van der Waals surface area contributed by atoms with E-state index in [0.29, 0.717) is 39.7 Å². The van der Waals surface area contributed by atoms with Crippen LogP contribution >= 0.6 is 34.5 Å². The first-order valence-corrected chi connectivity index (χ1v) is 17.5. The van der Waals surface area contributed by atoms with Crippen LogP contribution in [-0.4, -0.2) is 62.5 Å². The van der Waals surface area contributed by atoms with Crippen LogP contribution in [0.15, 0.2) is 67.0 Å². The first kappa shape index (κ1) is 36.4. The van der Waals surface area contributed by atoms with Gasteiger partial charge in [0.05, 0.1) is 25.1 Å². The number of methoxy groups -OCH3 is 2. The van der Waals surface area contributed by atoms with E-state index < -0.39 is 23.9 Å². The number of hydrogen-bond acceptors (Lipinski definition) is 10. The third-order valence-electron chi connectivity index (χ3n) is 8.85. The number of hydrogen-bond donors (Lipinski definition) is 2. The van der Waals surface area contributed by atoms with E-state index in [1.54, 1.807) is 18.2 Å². The standard InChI is InChI=1S/C36H39Cl2N3O7S/c1-40-14-8-7-11-24(40)21-48-36(44)33(22-9-5-4-6-10-22)39-18-25-16-27(34(49-25)35(42)43)26(17-28-29(37)19-41(45)20-30(28)38)23-12-13-31(46-2)32(15-23)47-3/h4-6,9-10,12-13,15-16,19-20,24,26,33,39H,7-8,11,14,17-18,21H2,1-3H3,(H-,42,43,45)/t24-,26-,33?/m0/s1. The van der Waals surface area contributed by atoms with Gasteiger partial charge in [0.25, 0.3) is 0 Å². The van der Waals surface area contributed by atoms with Gasteiger partial charge in [-0.25, -0.2) is 4.79 Å². The number of halogens is 2. The van der Waals surface area contributed by atoms with Crippen LogP contribution < -0.4 is 24.6 Å². The zero-order valence-electron chi connectivity index (χ0n) is 27.5. The van der Waals surface area contributed by atoms with Crippen molar-refractivity contribution in [3.8, 4) is 11.5 Å². The minimum absolute atomic E-state index is 0.0242. The number of ether oxygens (including phenoxy) is 3. The van der Waals surface area contributed by atoms with Gasteiger partial charge in [0.2, 0.25) is 12.4 Å². The summed E-state index contributed by atoms with van der Waals surface area (Å²) in [6.07, 6.45) is 6.01. The second-order valence-electron chi connectivity index (χ2n) is 12.0. The van der Waals surface area contributed by atoms with Crippen molar-refractivity contribution in [1.29, 1.82) is 0 Å². The Balaban J connectivity index is 1.47. The summed E-state index contributed by atoms with van der Waals surface area (Å²) >= 11 is 14.1. The molecule has 13 heteroatoms. The number of carboxylic acids is 1. The lowest BCUT2D eigenvalue weighted by atomic mass is 9.85. The Bertz CT molecular complexity index is 1750. The quantitative estimate of drug-likeness (QED) is 0.103. The fourth-order valence-electron chi connectivity index (χ4n) is 6.18. The predicted octanol–water partition coefficient (Wildman–Crippen LogP) is 5.19. The minimum atomic E-state index is -1.34. The van der Waals surface area contributed by atoms with Gasteiger partial charge in [-0.1, -0.05) is 66.0 Å². The summed E-state index contributed by atoms with van der Waals surface area (Å²) in [7, 11) is 5.09. The lowest BCUT2D eigenvalue weighted by molar-refractivity contribution is -0.904. The molecule has 2 aromatic heterocycles. The molecule has 3 heterocycles. The largest absolute Gasteiger partial charge is 0.544 e. The number of likely N-dealkylation sites (N-methyl/N-ethyl adjacent to an activating group) is 1. The molecular formula is C36H39Cl2N3O7S. The summed E-state index contributed by atoms with van der Waals surface area (Å²) in [5.41, 5.74) is 2.43. The molecule has 0 spiro atoms. The molecule has 49 heavy (non-hydrogen) atoms. The van der Waals surface area contributed by atoms with Gasteiger partial charge in [0.15, 0.2) is 11.5 Å². The Morgan fingerprint density at radius 1 is 1.04 bits per heavy atom. The van der Waals surface area contributed by atoms with Gasteiger partial charge in [0, 0.05) is 33.7 Å². The topological polar surface area (TPSA) is 124 Å². The minimum Gasteiger partial charge on any atom is -0.544 e. The van der Waals surface area contributed by atoms with Crippen LogP contribution in [0.1, 0.15) is 68.0 Å². The van der Waals surface area contributed by atoms with E-state index >= 15 is 0 Å². The van der Waals surface area contributed by atoms with Gasteiger partial charge in [-0.15, -0.1) is 11.3 Å². The lowest BCUT2D eigenvalue weighted by Gasteiger charge is -2.32. The first-order valence-electron chi connectivity index (χ1n) is 15.9. The zero-order chi connectivity index (χ0) is 35.1. The van der Waals surface area contributed by atoms with Crippen LogP contribution in [-0.2, 0) is 22.5 Å². The Kier molecular flexibility index (Phi) is 12.4. The monoisotopic (exact) mass is 727 g/mol. The Morgan fingerprint density at radius 2 is 1.76 bits per heavy atom.